The number of benzene rings is 1. The van der Waals surface area contributed by atoms with Crippen molar-refractivity contribution in [3.05, 3.63) is 23.8 Å². The van der Waals surface area contributed by atoms with E-state index in [1.807, 2.05) is 0 Å². The third-order valence-corrected chi connectivity index (χ3v) is 3.99. The maximum absolute atomic E-state index is 5.90. The van der Waals surface area contributed by atoms with Gasteiger partial charge in [-0.2, -0.15) is 0 Å². The van der Waals surface area contributed by atoms with Crippen molar-refractivity contribution in [3.63, 3.8) is 0 Å². The second-order valence-electron chi connectivity index (χ2n) is 5.38. The van der Waals surface area contributed by atoms with Crippen LogP contribution in [0, 0.1) is 5.92 Å². The lowest BCUT2D eigenvalue weighted by Crippen LogP contribution is -2.48. The van der Waals surface area contributed by atoms with Crippen LogP contribution in [-0.2, 0) is 6.42 Å². The van der Waals surface area contributed by atoms with Crippen molar-refractivity contribution < 1.29 is 4.74 Å². The Labute approximate surface area is 109 Å². The molecule has 2 heterocycles. The zero-order valence-corrected chi connectivity index (χ0v) is 11.1. The summed E-state index contributed by atoms with van der Waals surface area (Å²) in [6.45, 7) is 7.71. The van der Waals surface area contributed by atoms with E-state index in [1.54, 1.807) is 0 Å². The van der Waals surface area contributed by atoms with Crippen molar-refractivity contribution in [2.45, 2.75) is 19.8 Å². The van der Waals surface area contributed by atoms with E-state index in [2.05, 4.69) is 35.3 Å². The predicted molar refractivity (Wildman–Crippen MR) is 74.4 cm³/mol. The lowest BCUT2D eigenvalue weighted by atomic mass is 10.0. The van der Waals surface area contributed by atoms with Crippen LogP contribution in [0.3, 0.4) is 0 Å². The van der Waals surface area contributed by atoms with E-state index in [0.29, 0.717) is 5.92 Å². The van der Waals surface area contributed by atoms with Crippen LogP contribution in [0.4, 0.5) is 5.69 Å². The van der Waals surface area contributed by atoms with Crippen LogP contribution in [0.15, 0.2) is 18.2 Å². The first-order valence-corrected chi connectivity index (χ1v) is 7.07. The zero-order chi connectivity index (χ0) is 12.4. The summed E-state index contributed by atoms with van der Waals surface area (Å²) in [6.07, 6.45) is 2.43. The van der Waals surface area contributed by atoms with Gasteiger partial charge in [0, 0.05) is 37.3 Å². The second-order valence-corrected chi connectivity index (χ2v) is 5.38. The molecule has 0 spiro atoms. The Morgan fingerprint density at radius 3 is 3.11 bits per heavy atom. The van der Waals surface area contributed by atoms with Gasteiger partial charge in [0.15, 0.2) is 0 Å². The van der Waals surface area contributed by atoms with Crippen LogP contribution in [0.25, 0.3) is 0 Å². The second kappa shape index (κ2) is 5.19. The summed E-state index contributed by atoms with van der Waals surface area (Å²) in [5, 5.41) is 3.45. The standard InChI is InChI=1S/C15H22N2O/c1-2-17-9-12(10-17)11-18-14-6-5-13-4-3-7-16-15(13)8-14/h5-6,8,12,16H,2-4,7,9-11H2,1H3. The number of anilines is 1. The molecule has 1 saturated heterocycles. The molecule has 3 heteroatoms. The summed E-state index contributed by atoms with van der Waals surface area (Å²) in [7, 11) is 0. The average molecular weight is 246 g/mol. The Kier molecular flexibility index (Phi) is 3.41. The molecule has 2 aliphatic rings. The third-order valence-electron chi connectivity index (χ3n) is 3.99. The fourth-order valence-electron chi connectivity index (χ4n) is 2.78. The van der Waals surface area contributed by atoms with Crippen molar-refractivity contribution in [3.8, 4) is 5.75 Å². The molecule has 3 rings (SSSR count). The Morgan fingerprint density at radius 1 is 1.39 bits per heavy atom. The van der Waals surface area contributed by atoms with Gasteiger partial charge in [0.2, 0.25) is 0 Å². The molecule has 18 heavy (non-hydrogen) atoms. The van der Waals surface area contributed by atoms with E-state index in [-0.39, 0.29) is 0 Å². The van der Waals surface area contributed by atoms with Crippen LogP contribution in [-0.4, -0.2) is 37.7 Å². The van der Waals surface area contributed by atoms with Crippen molar-refractivity contribution >= 4 is 5.69 Å². The first-order chi connectivity index (χ1) is 8.85. The predicted octanol–water partition coefficient (Wildman–Crippen LogP) is 2.38. The SMILES string of the molecule is CCN1CC(COc2ccc3c(c2)NCCC3)C1. The normalized spacial score (nSPS) is 19.8. The highest BCUT2D eigenvalue weighted by molar-refractivity contribution is 5.56. The molecule has 0 bridgehead atoms. The molecule has 0 radical (unpaired) electrons. The van der Waals surface area contributed by atoms with E-state index in [1.165, 1.54) is 43.7 Å². The maximum Gasteiger partial charge on any atom is 0.121 e. The smallest absolute Gasteiger partial charge is 0.121 e. The molecule has 3 nitrogen and oxygen atoms in total. The minimum Gasteiger partial charge on any atom is -0.493 e. The lowest BCUT2D eigenvalue weighted by Gasteiger charge is -2.38. The van der Waals surface area contributed by atoms with Gasteiger partial charge in [0.25, 0.3) is 0 Å². The number of nitrogens with zero attached hydrogens (tertiary/aromatic N) is 1. The molecule has 0 aliphatic carbocycles. The molecule has 0 aromatic heterocycles. The molecular formula is C15H22N2O. The molecule has 0 amide bonds. The van der Waals surface area contributed by atoms with Crippen LogP contribution in [0.5, 0.6) is 5.75 Å². The van der Waals surface area contributed by atoms with E-state index in [0.717, 1.165) is 18.9 Å². The van der Waals surface area contributed by atoms with Gasteiger partial charge < -0.3 is 15.0 Å². The van der Waals surface area contributed by atoms with Gasteiger partial charge in [-0.25, -0.2) is 0 Å². The molecule has 98 valence electrons. The molecule has 1 fully saturated rings. The molecule has 0 atom stereocenters. The van der Waals surface area contributed by atoms with Gasteiger partial charge in [-0.3, -0.25) is 0 Å². The van der Waals surface area contributed by atoms with Crippen LogP contribution >= 0.6 is 0 Å². The minimum atomic E-state index is 0.717. The maximum atomic E-state index is 5.90. The van der Waals surface area contributed by atoms with E-state index >= 15 is 0 Å². The molecule has 0 saturated carbocycles. The Bertz CT molecular complexity index is 413. The highest BCUT2D eigenvalue weighted by Crippen LogP contribution is 2.27. The summed E-state index contributed by atoms with van der Waals surface area (Å²) in [5.74, 6) is 1.73. The van der Waals surface area contributed by atoms with Gasteiger partial charge in [-0.15, -0.1) is 0 Å². The van der Waals surface area contributed by atoms with Crippen molar-refractivity contribution in [1.29, 1.82) is 0 Å². The highest BCUT2D eigenvalue weighted by atomic mass is 16.5. The summed E-state index contributed by atoms with van der Waals surface area (Å²) < 4.78 is 5.90. The van der Waals surface area contributed by atoms with Gasteiger partial charge in [-0.1, -0.05) is 13.0 Å². The zero-order valence-electron chi connectivity index (χ0n) is 11.1. The van der Waals surface area contributed by atoms with Crippen molar-refractivity contribution in [2.24, 2.45) is 5.92 Å². The lowest BCUT2D eigenvalue weighted by molar-refractivity contribution is 0.0671. The highest BCUT2D eigenvalue weighted by Gasteiger charge is 2.25. The summed E-state index contributed by atoms with van der Waals surface area (Å²) in [5.41, 5.74) is 2.69. The third kappa shape index (κ3) is 2.46. The Balaban J connectivity index is 1.54. The number of likely N-dealkylation sites (tertiary alicyclic amines) is 1. The molecular weight excluding hydrogens is 224 g/mol. The number of hydrogen-bond acceptors (Lipinski definition) is 3. The Hall–Kier alpha value is -1.22. The van der Waals surface area contributed by atoms with Gasteiger partial charge in [-0.05, 0) is 31.0 Å². The van der Waals surface area contributed by atoms with Crippen LogP contribution in [0.2, 0.25) is 0 Å². The quantitative estimate of drug-likeness (QED) is 0.882. The van der Waals surface area contributed by atoms with Crippen molar-refractivity contribution in [1.82, 2.24) is 4.90 Å². The number of ether oxygens (including phenoxy) is 1. The van der Waals surface area contributed by atoms with E-state index in [9.17, 15) is 0 Å². The summed E-state index contributed by atoms with van der Waals surface area (Å²) >= 11 is 0. The molecule has 1 aromatic carbocycles. The van der Waals surface area contributed by atoms with Gasteiger partial charge in [0.1, 0.15) is 5.75 Å². The van der Waals surface area contributed by atoms with Gasteiger partial charge in [0.05, 0.1) is 6.61 Å². The molecule has 1 N–H and O–H groups in total. The number of hydrogen-bond donors (Lipinski definition) is 1. The fraction of sp³-hybridized carbons (Fsp3) is 0.600. The molecule has 0 unspecified atom stereocenters. The number of rotatable bonds is 4. The van der Waals surface area contributed by atoms with Crippen LogP contribution in [0.1, 0.15) is 18.9 Å². The number of fused-ring (bicyclic) bond motifs is 1. The average Bonchev–Trinajstić information content (AvgIpc) is 2.37. The van der Waals surface area contributed by atoms with E-state index < -0.39 is 0 Å². The topological polar surface area (TPSA) is 24.5 Å². The largest absolute Gasteiger partial charge is 0.493 e. The number of nitrogens with one attached hydrogen (secondary N) is 1. The molecule has 2 aliphatic heterocycles. The fourth-order valence-corrected chi connectivity index (χ4v) is 2.78. The first kappa shape index (κ1) is 11.8. The van der Waals surface area contributed by atoms with Gasteiger partial charge >= 0.3 is 0 Å². The summed E-state index contributed by atoms with van der Waals surface area (Å²) in [4.78, 5) is 2.45. The van der Waals surface area contributed by atoms with Crippen molar-refractivity contribution in [2.75, 3.05) is 38.1 Å². The molecule has 1 aromatic rings. The summed E-state index contributed by atoms with van der Waals surface area (Å²) in [6, 6.07) is 6.47. The monoisotopic (exact) mass is 246 g/mol. The number of aryl methyl sites for hydroxylation is 1. The van der Waals surface area contributed by atoms with E-state index in [4.69, 9.17) is 4.74 Å². The Morgan fingerprint density at radius 2 is 2.28 bits per heavy atom. The minimum absolute atomic E-state index is 0.717. The first-order valence-electron chi connectivity index (χ1n) is 7.07. The van der Waals surface area contributed by atoms with Crippen LogP contribution < -0.4 is 10.1 Å².